The van der Waals surface area contributed by atoms with Crippen molar-refractivity contribution in [1.29, 1.82) is 0 Å². The predicted octanol–water partition coefficient (Wildman–Crippen LogP) is 1.08. The van der Waals surface area contributed by atoms with E-state index in [1.807, 2.05) is 0 Å². The van der Waals surface area contributed by atoms with Crippen molar-refractivity contribution in [3.8, 4) is 0 Å². The van der Waals surface area contributed by atoms with Gasteiger partial charge < -0.3 is 16.0 Å². The van der Waals surface area contributed by atoms with Gasteiger partial charge in [-0.1, -0.05) is 32.1 Å². The minimum atomic E-state index is -3.46. The molecule has 1 atom stereocenters. The molecule has 0 aromatic carbocycles. The Morgan fingerprint density at radius 1 is 1.15 bits per heavy atom. The molecule has 0 bridgehead atoms. The molecule has 0 radical (unpaired) electrons. The third-order valence-electron chi connectivity index (χ3n) is 6.13. The minimum Gasteiger partial charge on any atom is -0.348 e. The second-order valence-electron chi connectivity index (χ2n) is 8.18. The van der Waals surface area contributed by atoms with Crippen LogP contribution in [0.5, 0.6) is 0 Å². The lowest BCUT2D eigenvalue weighted by molar-refractivity contribution is -0.124. The van der Waals surface area contributed by atoms with Crippen LogP contribution in [0.3, 0.4) is 0 Å². The summed E-state index contributed by atoms with van der Waals surface area (Å²) in [5.74, 6) is -0.303. The van der Waals surface area contributed by atoms with E-state index in [1.165, 1.54) is 10.7 Å². The second-order valence-corrected chi connectivity index (χ2v) is 10.4. The van der Waals surface area contributed by atoms with Gasteiger partial charge in [0, 0.05) is 19.1 Å². The van der Waals surface area contributed by atoms with E-state index >= 15 is 0 Å². The van der Waals surface area contributed by atoms with Gasteiger partial charge in [-0.2, -0.15) is 4.31 Å². The molecule has 1 heterocycles. The highest BCUT2D eigenvalue weighted by molar-refractivity contribution is 7.89. The number of nitrogens with one attached hydrogen (secondary N) is 3. The van der Waals surface area contributed by atoms with Gasteiger partial charge in [-0.3, -0.25) is 4.79 Å². The Labute approximate surface area is 161 Å². The van der Waals surface area contributed by atoms with Crippen molar-refractivity contribution in [2.75, 3.05) is 18.8 Å². The number of hydrogen-bond acceptors (Lipinski definition) is 4. The number of carbonyl (C=O) groups is 2. The van der Waals surface area contributed by atoms with Crippen LogP contribution in [0.2, 0.25) is 0 Å². The number of rotatable bonds is 4. The lowest BCUT2D eigenvalue weighted by atomic mass is 9.96. The average molecular weight is 401 g/mol. The number of urea groups is 1. The molecule has 8 nitrogen and oxygen atoms in total. The number of amides is 3. The predicted molar refractivity (Wildman–Crippen MR) is 103 cm³/mol. The Morgan fingerprint density at radius 3 is 2.44 bits per heavy atom. The molecular formula is C18H32N4O4S. The Hall–Kier alpha value is -1.35. The Morgan fingerprint density at radius 2 is 1.81 bits per heavy atom. The second kappa shape index (κ2) is 8.34. The zero-order valence-electron chi connectivity index (χ0n) is 16.1. The third kappa shape index (κ3) is 4.93. The van der Waals surface area contributed by atoms with Crippen LogP contribution in [0.4, 0.5) is 4.79 Å². The molecule has 3 N–H and O–H groups in total. The van der Waals surface area contributed by atoms with Gasteiger partial charge in [0.05, 0.1) is 11.3 Å². The molecular weight excluding hydrogens is 368 g/mol. The molecule has 154 valence electrons. The maximum Gasteiger partial charge on any atom is 0.315 e. The van der Waals surface area contributed by atoms with Gasteiger partial charge in [0.1, 0.15) is 6.04 Å². The molecule has 3 rings (SSSR count). The summed E-state index contributed by atoms with van der Waals surface area (Å²) in [6.45, 7) is 1.88. The zero-order chi connectivity index (χ0) is 19.5. The molecule has 0 aromatic heterocycles. The lowest BCUT2D eigenvalue weighted by Gasteiger charge is -2.32. The van der Waals surface area contributed by atoms with Crippen molar-refractivity contribution in [1.82, 2.24) is 20.3 Å². The summed E-state index contributed by atoms with van der Waals surface area (Å²) < 4.78 is 26.5. The van der Waals surface area contributed by atoms with Gasteiger partial charge in [-0.25, -0.2) is 13.2 Å². The van der Waals surface area contributed by atoms with Crippen LogP contribution in [0.15, 0.2) is 0 Å². The van der Waals surface area contributed by atoms with Crippen molar-refractivity contribution in [3.05, 3.63) is 0 Å². The fourth-order valence-electron chi connectivity index (χ4n) is 4.55. The van der Waals surface area contributed by atoms with Gasteiger partial charge in [-0.15, -0.1) is 0 Å². The first-order valence-corrected chi connectivity index (χ1v) is 11.8. The van der Waals surface area contributed by atoms with E-state index in [-0.39, 0.29) is 30.8 Å². The summed E-state index contributed by atoms with van der Waals surface area (Å²) in [7, 11) is -3.46. The summed E-state index contributed by atoms with van der Waals surface area (Å²) in [4.78, 5) is 25.2. The molecule has 2 aliphatic carbocycles. The van der Waals surface area contributed by atoms with E-state index in [1.54, 1.807) is 6.92 Å². The first kappa shape index (κ1) is 20.4. The monoisotopic (exact) mass is 400 g/mol. The third-order valence-corrected chi connectivity index (χ3v) is 7.93. The molecule has 0 aromatic rings. The van der Waals surface area contributed by atoms with Gasteiger partial charge in [0.2, 0.25) is 15.9 Å². The summed E-state index contributed by atoms with van der Waals surface area (Å²) >= 11 is 0. The number of hydrogen-bond donors (Lipinski definition) is 3. The average Bonchev–Trinajstić information content (AvgIpc) is 3.03. The van der Waals surface area contributed by atoms with Gasteiger partial charge in [0.25, 0.3) is 0 Å². The maximum absolute atomic E-state index is 12.8. The van der Waals surface area contributed by atoms with E-state index < -0.39 is 27.6 Å². The van der Waals surface area contributed by atoms with Crippen LogP contribution < -0.4 is 16.0 Å². The quantitative estimate of drug-likeness (QED) is 0.656. The molecule has 27 heavy (non-hydrogen) atoms. The first-order valence-electron chi connectivity index (χ1n) is 10.2. The molecule has 1 aliphatic heterocycles. The summed E-state index contributed by atoms with van der Waals surface area (Å²) in [6, 6.07) is -1.14. The molecule has 1 saturated heterocycles. The molecule has 3 amide bonds. The van der Waals surface area contributed by atoms with Crippen LogP contribution >= 0.6 is 0 Å². The molecule has 1 spiro atoms. The minimum absolute atomic E-state index is 0.0121. The fourth-order valence-corrected chi connectivity index (χ4v) is 5.73. The molecule has 2 saturated carbocycles. The van der Waals surface area contributed by atoms with Gasteiger partial charge in [0.15, 0.2) is 0 Å². The zero-order valence-corrected chi connectivity index (χ0v) is 16.9. The van der Waals surface area contributed by atoms with E-state index in [0.717, 1.165) is 51.4 Å². The summed E-state index contributed by atoms with van der Waals surface area (Å²) in [5, 5.41) is 8.71. The van der Waals surface area contributed by atoms with Crippen molar-refractivity contribution < 1.29 is 18.0 Å². The number of nitrogens with zero attached hydrogens (tertiary/aromatic N) is 1. The van der Waals surface area contributed by atoms with Crippen molar-refractivity contribution >= 4 is 22.0 Å². The normalized spacial score (nSPS) is 27.1. The van der Waals surface area contributed by atoms with Gasteiger partial charge in [-0.05, 0) is 32.6 Å². The SMILES string of the molecule is CCS(=O)(=O)N1CC(NC(=O)NC2CCCCC2)C(=O)NC2(CCCC2)C1. The molecule has 3 aliphatic rings. The molecule has 3 fully saturated rings. The topological polar surface area (TPSA) is 108 Å². The largest absolute Gasteiger partial charge is 0.348 e. The maximum atomic E-state index is 12.8. The Kier molecular flexibility index (Phi) is 6.30. The summed E-state index contributed by atoms with van der Waals surface area (Å²) in [5.41, 5.74) is -0.504. The van der Waals surface area contributed by atoms with Gasteiger partial charge >= 0.3 is 6.03 Å². The van der Waals surface area contributed by atoms with Crippen LogP contribution in [0, 0.1) is 0 Å². The van der Waals surface area contributed by atoms with E-state index in [2.05, 4.69) is 16.0 Å². The van der Waals surface area contributed by atoms with Crippen LogP contribution in [-0.2, 0) is 14.8 Å². The molecule has 1 unspecified atom stereocenters. The number of carbonyl (C=O) groups excluding carboxylic acids is 2. The smallest absolute Gasteiger partial charge is 0.315 e. The molecule has 9 heteroatoms. The Balaban J connectivity index is 1.71. The van der Waals surface area contributed by atoms with Crippen molar-refractivity contribution in [2.24, 2.45) is 0 Å². The highest BCUT2D eigenvalue weighted by Crippen LogP contribution is 2.32. The van der Waals surface area contributed by atoms with Crippen molar-refractivity contribution in [2.45, 2.75) is 82.3 Å². The van der Waals surface area contributed by atoms with E-state index in [9.17, 15) is 18.0 Å². The first-order chi connectivity index (χ1) is 12.8. The van der Waals surface area contributed by atoms with E-state index in [0.29, 0.717) is 0 Å². The standard InChI is InChI=1S/C18H32N4O4S/c1-2-27(25,26)22-12-15(16(23)21-18(13-22)10-6-7-11-18)20-17(24)19-14-8-4-3-5-9-14/h14-15H,2-13H2,1H3,(H,21,23)(H2,19,20,24). The van der Waals surface area contributed by atoms with Crippen LogP contribution in [0.1, 0.15) is 64.7 Å². The number of sulfonamides is 1. The van der Waals surface area contributed by atoms with E-state index in [4.69, 9.17) is 0 Å². The lowest BCUT2D eigenvalue weighted by Crippen LogP contribution is -2.56. The highest BCUT2D eigenvalue weighted by atomic mass is 32.2. The van der Waals surface area contributed by atoms with Crippen LogP contribution in [0.25, 0.3) is 0 Å². The van der Waals surface area contributed by atoms with Crippen LogP contribution in [-0.4, -0.2) is 61.1 Å². The Bertz CT molecular complexity index is 654. The summed E-state index contributed by atoms with van der Waals surface area (Å²) in [6.07, 6.45) is 8.77. The van der Waals surface area contributed by atoms with Crippen molar-refractivity contribution in [3.63, 3.8) is 0 Å². The highest BCUT2D eigenvalue weighted by Gasteiger charge is 2.45. The fraction of sp³-hybridized carbons (Fsp3) is 0.889.